The van der Waals surface area contributed by atoms with Gasteiger partial charge in [-0.1, -0.05) is 18.2 Å². The fourth-order valence-electron chi connectivity index (χ4n) is 3.46. The SMILES string of the molecule is COc1cccc(C(=O)N2CCN(C[C@@H]3CC=CCC3)CC2)c1. The zero-order valence-electron chi connectivity index (χ0n) is 13.9. The van der Waals surface area contributed by atoms with E-state index in [0.717, 1.165) is 43.4 Å². The minimum absolute atomic E-state index is 0.115. The molecule has 3 rings (SSSR count). The van der Waals surface area contributed by atoms with Gasteiger partial charge >= 0.3 is 0 Å². The molecule has 0 spiro atoms. The average molecular weight is 314 g/mol. The third-order valence-corrected chi connectivity index (χ3v) is 4.87. The number of allylic oxidation sites excluding steroid dienone is 2. The molecule has 1 fully saturated rings. The number of piperazine rings is 1. The van der Waals surface area contributed by atoms with Crippen molar-refractivity contribution in [2.45, 2.75) is 19.3 Å². The summed E-state index contributed by atoms with van der Waals surface area (Å²) in [6.07, 6.45) is 8.35. The van der Waals surface area contributed by atoms with Crippen molar-refractivity contribution in [3.8, 4) is 5.75 Å². The molecular weight excluding hydrogens is 288 g/mol. The van der Waals surface area contributed by atoms with Crippen LogP contribution in [0.5, 0.6) is 5.75 Å². The van der Waals surface area contributed by atoms with Crippen LogP contribution in [0.25, 0.3) is 0 Å². The van der Waals surface area contributed by atoms with E-state index in [9.17, 15) is 4.79 Å². The molecule has 1 aliphatic heterocycles. The summed E-state index contributed by atoms with van der Waals surface area (Å²) in [5, 5.41) is 0. The summed E-state index contributed by atoms with van der Waals surface area (Å²) in [6.45, 7) is 4.77. The first kappa shape index (κ1) is 16.1. The number of amides is 1. The molecule has 0 aromatic heterocycles. The standard InChI is InChI=1S/C19H26N2O2/c1-23-18-9-5-8-17(14-18)19(22)21-12-10-20(11-13-21)15-16-6-3-2-4-7-16/h2-3,5,8-9,14,16H,4,6-7,10-13,15H2,1H3/t16-/m1/s1. The minimum Gasteiger partial charge on any atom is -0.497 e. The summed E-state index contributed by atoms with van der Waals surface area (Å²) in [5.41, 5.74) is 0.718. The zero-order valence-corrected chi connectivity index (χ0v) is 13.9. The van der Waals surface area contributed by atoms with Crippen LogP contribution in [0.4, 0.5) is 0 Å². The maximum absolute atomic E-state index is 12.6. The molecule has 1 saturated heterocycles. The second kappa shape index (κ2) is 7.64. The van der Waals surface area contributed by atoms with Crippen LogP contribution in [0.1, 0.15) is 29.6 Å². The third-order valence-electron chi connectivity index (χ3n) is 4.87. The van der Waals surface area contributed by atoms with Crippen LogP contribution in [0.3, 0.4) is 0 Å². The first-order valence-electron chi connectivity index (χ1n) is 8.57. The van der Waals surface area contributed by atoms with Gasteiger partial charge in [0.25, 0.3) is 5.91 Å². The fraction of sp³-hybridized carbons (Fsp3) is 0.526. The summed E-state index contributed by atoms with van der Waals surface area (Å²) >= 11 is 0. The number of hydrogen-bond donors (Lipinski definition) is 0. The third kappa shape index (κ3) is 4.14. The first-order valence-corrected chi connectivity index (χ1v) is 8.57. The highest BCUT2D eigenvalue weighted by molar-refractivity contribution is 5.94. The van der Waals surface area contributed by atoms with Gasteiger partial charge in [0.05, 0.1) is 7.11 Å². The van der Waals surface area contributed by atoms with Crippen LogP contribution in [-0.4, -0.2) is 55.5 Å². The molecule has 0 N–H and O–H groups in total. The smallest absolute Gasteiger partial charge is 0.254 e. The summed E-state index contributed by atoms with van der Waals surface area (Å²) in [6, 6.07) is 7.43. The Bertz CT molecular complexity index is 562. The van der Waals surface area contributed by atoms with E-state index in [1.807, 2.05) is 29.2 Å². The monoisotopic (exact) mass is 314 g/mol. The molecule has 1 amide bonds. The Kier molecular flexibility index (Phi) is 5.34. The molecular formula is C19H26N2O2. The number of hydrogen-bond acceptors (Lipinski definition) is 3. The molecule has 2 aliphatic rings. The Morgan fingerprint density at radius 1 is 1.22 bits per heavy atom. The van der Waals surface area contributed by atoms with Gasteiger partial charge in [-0.2, -0.15) is 0 Å². The van der Waals surface area contributed by atoms with Crippen molar-refractivity contribution in [3.05, 3.63) is 42.0 Å². The summed E-state index contributed by atoms with van der Waals surface area (Å²) < 4.78 is 5.21. The van der Waals surface area contributed by atoms with Gasteiger partial charge in [0.2, 0.25) is 0 Å². The van der Waals surface area contributed by atoms with E-state index in [1.165, 1.54) is 25.8 Å². The molecule has 4 nitrogen and oxygen atoms in total. The second-order valence-electron chi connectivity index (χ2n) is 6.48. The van der Waals surface area contributed by atoms with Gasteiger partial charge in [-0.25, -0.2) is 0 Å². The first-order chi connectivity index (χ1) is 11.3. The number of carbonyl (C=O) groups excluding carboxylic acids is 1. The van der Waals surface area contributed by atoms with E-state index in [2.05, 4.69) is 17.1 Å². The van der Waals surface area contributed by atoms with Crippen molar-refractivity contribution in [2.24, 2.45) is 5.92 Å². The van der Waals surface area contributed by atoms with E-state index < -0.39 is 0 Å². The van der Waals surface area contributed by atoms with E-state index in [4.69, 9.17) is 4.74 Å². The van der Waals surface area contributed by atoms with Crippen molar-refractivity contribution in [1.82, 2.24) is 9.80 Å². The van der Waals surface area contributed by atoms with Gasteiger partial charge in [-0.3, -0.25) is 9.69 Å². The quantitative estimate of drug-likeness (QED) is 0.801. The van der Waals surface area contributed by atoms with Gasteiger partial charge in [-0.05, 0) is 43.4 Å². The Morgan fingerprint density at radius 2 is 2.04 bits per heavy atom. The van der Waals surface area contributed by atoms with Crippen LogP contribution in [-0.2, 0) is 0 Å². The summed E-state index contributed by atoms with van der Waals surface area (Å²) in [5.74, 6) is 1.64. The Morgan fingerprint density at radius 3 is 2.74 bits per heavy atom. The number of ether oxygens (including phenoxy) is 1. The van der Waals surface area contributed by atoms with Gasteiger partial charge in [0.15, 0.2) is 0 Å². The molecule has 124 valence electrons. The number of nitrogens with zero attached hydrogens (tertiary/aromatic N) is 2. The highest BCUT2D eigenvalue weighted by atomic mass is 16.5. The predicted molar refractivity (Wildman–Crippen MR) is 91.8 cm³/mol. The summed E-state index contributed by atoms with van der Waals surface area (Å²) in [4.78, 5) is 17.1. The number of methoxy groups -OCH3 is 1. The Balaban J connectivity index is 1.51. The molecule has 4 heteroatoms. The molecule has 23 heavy (non-hydrogen) atoms. The predicted octanol–water partition coefficient (Wildman–Crippen LogP) is 2.81. The average Bonchev–Trinajstić information content (AvgIpc) is 2.63. The Labute approximate surface area is 138 Å². The second-order valence-corrected chi connectivity index (χ2v) is 6.48. The maximum atomic E-state index is 12.6. The largest absolute Gasteiger partial charge is 0.497 e. The molecule has 1 aliphatic carbocycles. The highest BCUT2D eigenvalue weighted by Gasteiger charge is 2.24. The lowest BCUT2D eigenvalue weighted by Gasteiger charge is -2.36. The highest BCUT2D eigenvalue weighted by Crippen LogP contribution is 2.20. The fourth-order valence-corrected chi connectivity index (χ4v) is 3.46. The van der Waals surface area contributed by atoms with Gasteiger partial charge in [0, 0.05) is 38.3 Å². The molecule has 0 saturated carbocycles. The molecule has 0 unspecified atom stereocenters. The van der Waals surface area contributed by atoms with Crippen LogP contribution < -0.4 is 4.74 Å². The lowest BCUT2D eigenvalue weighted by molar-refractivity contribution is 0.0614. The van der Waals surface area contributed by atoms with Crippen LogP contribution in [0.2, 0.25) is 0 Å². The van der Waals surface area contributed by atoms with E-state index in [0.29, 0.717) is 0 Å². The van der Waals surface area contributed by atoms with Crippen molar-refractivity contribution < 1.29 is 9.53 Å². The zero-order chi connectivity index (χ0) is 16.1. The van der Waals surface area contributed by atoms with Crippen LogP contribution in [0, 0.1) is 5.92 Å². The van der Waals surface area contributed by atoms with Crippen LogP contribution >= 0.6 is 0 Å². The van der Waals surface area contributed by atoms with E-state index in [-0.39, 0.29) is 5.91 Å². The van der Waals surface area contributed by atoms with Gasteiger partial charge < -0.3 is 9.64 Å². The molecule has 0 bridgehead atoms. The minimum atomic E-state index is 0.115. The van der Waals surface area contributed by atoms with Gasteiger partial charge in [0.1, 0.15) is 5.75 Å². The lowest BCUT2D eigenvalue weighted by atomic mass is 9.94. The topological polar surface area (TPSA) is 32.8 Å². The Hall–Kier alpha value is -1.81. The summed E-state index contributed by atoms with van der Waals surface area (Å²) in [7, 11) is 1.63. The van der Waals surface area contributed by atoms with E-state index >= 15 is 0 Å². The van der Waals surface area contributed by atoms with Crippen molar-refractivity contribution in [3.63, 3.8) is 0 Å². The molecule has 1 aromatic rings. The molecule has 1 heterocycles. The number of carbonyl (C=O) groups is 1. The molecule has 1 aromatic carbocycles. The maximum Gasteiger partial charge on any atom is 0.254 e. The normalized spacial score (nSPS) is 22.1. The van der Waals surface area contributed by atoms with E-state index in [1.54, 1.807) is 7.11 Å². The number of benzene rings is 1. The molecule has 1 atom stereocenters. The van der Waals surface area contributed by atoms with Crippen molar-refractivity contribution >= 4 is 5.91 Å². The van der Waals surface area contributed by atoms with Gasteiger partial charge in [-0.15, -0.1) is 0 Å². The molecule has 0 radical (unpaired) electrons. The van der Waals surface area contributed by atoms with Crippen LogP contribution in [0.15, 0.2) is 36.4 Å². The van der Waals surface area contributed by atoms with Crippen molar-refractivity contribution in [1.29, 1.82) is 0 Å². The van der Waals surface area contributed by atoms with Crippen molar-refractivity contribution in [2.75, 3.05) is 39.8 Å². The number of rotatable bonds is 4. The lowest BCUT2D eigenvalue weighted by Crippen LogP contribution is -2.49.